The standard InChI is InChI=1S/C23H30N2O5/c1-27-19-9-6-10-20(28-2)22(19)23(26)25-17-11-12-18(21(15-17)29-3)30-14-13-24-16-7-4-5-8-16/h6,9-12,15-16,24H,4-5,7-8,13-14H2,1-3H3,(H,25,26). The summed E-state index contributed by atoms with van der Waals surface area (Å²) in [5.41, 5.74) is 0.918. The number of nitrogens with one attached hydrogen (secondary N) is 2. The van der Waals surface area contributed by atoms with Crippen molar-refractivity contribution in [3.05, 3.63) is 42.0 Å². The van der Waals surface area contributed by atoms with Gasteiger partial charge in [-0.25, -0.2) is 0 Å². The molecule has 2 aromatic carbocycles. The van der Waals surface area contributed by atoms with Gasteiger partial charge >= 0.3 is 0 Å². The van der Waals surface area contributed by atoms with E-state index in [2.05, 4.69) is 10.6 Å². The van der Waals surface area contributed by atoms with Crippen LogP contribution >= 0.6 is 0 Å². The van der Waals surface area contributed by atoms with E-state index < -0.39 is 0 Å². The highest BCUT2D eigenvalue weighted by molar-refractivity contribution is 6.08. The van der Waals surface area contributed by atoms with E-state index in [1.54, 1.807) is 43.5 Å². The first kappa shape index (κ1) is 21.8. The fourth-order valence-electron chi connectivity index (χ4n) is 3.69. The highest BCUT2D eigenvalue weighted by atomic mass is 16.5. The summed E-state index contributed by atoms with van der Waals surface area (Å²) in [6.45, 7) is 1.34. The van der Waals surface area contributed by atoms with Crippen molar-refractivity contribution in [2.45, 2.75) is 31.7 Å². The summed E-state index contributed by atoms with van der Waals surface area (Å²) >= 11 is 0. The number of amides is 1. The molecule has 3 rings (SSSR count). The van der Waals surface area contributed by atoms with E-state index in [9.17, 15) is 4.79 Å². The molecule has 0 aliphatic heterocycles. The predicted octanol–water partition coefficient (Wildman–Crippen LogP) is 3.88. The maximum atomic E-state index is 12.8. The number of hydrogen-bond donors (Lipinski definition) is 2. The number of benzene rings is 2. The Morgan fingerprint density at radius 3 is 2.23 bits per heavy atom. The average Bonchev–Trinajstić information content (AvgIpc) is 3.30. The van der Waals surface area contributed by atoms with Gasteiger partial charge in [0.05, 0.1) is 21.3 Å². The molecule has 0 heterocycles. The molecule has 0 aromatic heterocycles. The van der Waals surface area contributed by atoms with Crippen LogP contribution in [0.15, 0.2) is 36.4 Å². The Morgan fingerprint density at radius 2 is 1.60 bits per heavy atom. The fourth-order valence-corrected chi connectivity index (χ4v) is 3.69. The number of rotatable bonds is 10. The Hall–Kier alpha value is -2.93. The SMILES string of the molecule is COc1cc(NC(=O)c2c(OC)cccc2OC)ccc1OCCNC1CCCC1. The van der Waals surface area contributed by atoms with Crippen LogP contribution in [0.3, 0.4) is 0 Å². The second-order valence-electron chi connectivity index (χ2n) is 7.14. The Kier molecular flexibility index (Phi) is 7.79. The van der Waals surface area contributed by atoms with Gasteiger partial charge in [0.25, 0.3) is 5.91 Å². The molecule has 0 spiro atoms. The average molecular weight is 415 g/mol. The van der Waals surface area contributed by atoms with Crippen molar-refractivity contribution >= 4 is 11.6 Å². The summed E-state index contributed by atoms with van der Waals surface area (Å²) in [6.07, 6.45) is 5.10. The van der Waals surface area contributed by atoms with Crippen molar-refractivity contribution < 1.29 is 23.7 Å². The van der Waals surface area contributed by atoms with Gasteiger partial charge in [-0.2, -0.15) is 0 Å². The van der Waals surface area contributed by atoms with Gasteiger partial charge in [0, 0.05) is 24.3 Å². The van der Waals surface area contributed by atoms with Crippen LogP contribution in [0, 0.1) is 0 Å². The molecule has 0 saturated heterocycles. The minimum atomic E-state index is -0.333. The van der Waals surface area contributed by atoms with Crippen molar-refractivity contribution in [1.82, 2.24) is 5.32 Å². The zero-order valence-electron chi connectivity index (χ0n) is 17.8. The van der Waals surface area contributed by atoms with E-state index in [0.717, 1.165) is 6.54 Å². The van der Waals surface area contributed by atoms with Crippen LogP contribution in [0.2, 0.25) is 0 Å². The summed E-state index contributed by atoms with van der Waals surface area (Å²) in [6, 6.07) is 11.1. The molecule has 0 unspecified atom stereocenters. The molecule has 1 amide bonds. The Labute approximate surface area is 177 Å². The van der Waals surface area contributed by atoms with Crippen LogP contribution in [0.25, 0.3) is 0 Å². The van der Waals surface area contributed by atoms with Gasteiger partial charge in [-0.15, -0.1) is 0 Å². The van der Waals surface area contributed by atoms with E-state index >= 15 is 0 Å². The molecule has 1 aliphatic rings. The molecule has 0 atom stereocenters. The van der Waals surface area contributed by atoms with Gasteiger partial charge in [-0.05, 0) is 37.1 Å². The number of ether oxygens (including phenoxy) is 4. The third kappa shape index (κ3) is 5.36. The molecular formula is C23H30N2O5. The highest BCUT2D eigenvalue weighted by Gasteiger charge is 2.19. The molecule has 1 fully saturated rings. The first-order valence-electron chi connectivity index (χ1n) is 10.2. The van der Waals surface area contributed by atoms with Crippen LogP contribution in [-0.2, 0) is 0 Å². The first-order valence-corrected chi connectivity index (χ1v) is 10.2. The van der Waals surface area contributed by atoms with Gasteiger partial charge < -0.3 is 29.6 Å². The Bertz CT molecular complexity index is 827. The van der Waals surface area contributed by atoms with Gasteiger partial charge in [0.15, 0.2) is 11.5 Å². The molecular weight excluding hydrogens is 384 g/mol. The molecule has 7 heteroatoms. The molecule has 2 aromatic rings. The number of hydrogen-bond acceptors (Lipinski definition) is 6. The summed E-state index contributed by atoms with van der Waals surface area (Å²) in [7, 11) is 4.61. The minimum absolute atomic E-state index is 0.333. The number of methoxy groups -OCH3 is 3. The van der Waals surface area contributed by atoms with Crippen molar-refractivity contribution in [1.29, 1.82) is 0 Å². The smallest absolute Gasteiger partial charge is 0.263 e. The summed E-state index contributed by atoms with van der Waals surface area (Å²) < 4.78 is 21.9. The van der Waals surface area contributed by atoms with Crippen LogP contribution in [0.5, 0.6) is 23.0 Å². The Morgan fingerprint density at radius 1 is 0.933 bits per heavy atom. The molecule has 162 valence electrons. The van der Waals surface area contributed by atoms with Gasteiger partial charge in [-0.1, -0.05) is 18.9 Å². The third-order valence-corrected chi connectivity index (χ3v) is 5.22. The highest BCUT2D eigenvalue weighted by Crippen LogP contribution is 2.32. The number of carbonyl (C=O) groups excluding carboxylic acids is 1. The van der Waals surface area contributed by atoms with E-state index in [4.69, 9.17) is 18.9 Å². The maximum absolute atomic E-state index is 12.8. The summed E-state index contributed by atoms with van der Waals surface area (Å²) in [5, 5.41) is 6.39. The minimum Gasteiger partial charge on any atom is -0.496 e. The van der Waals surface area contributed by atoms with E-state index in [1.807, 2.05) is 0 Å². The molecule has 2 N–H and O–H groups in total. The number of anilines is 1. The lowest BCUT2D eigenvalue weighted by Gasteiger charge is -2.16. The fraction of sp³-hybridized carbons (Fsp3) is 0.435. The lowest BCUT2D eigenvalue weighted by molar-refractivity contribution is 0.102. The topological polar surface area (TPSA) is 78.1 Å². The molecule has 7 nitrogen and oxygen atoms in total. The van der Waals surface area contributed by atoms with E-state index in [0.29, 0.717) is 46.9 Å². The van der Waals surface area contributed by atoms with Crippen LogP contribution < -0.4 is 29.6 Å². The normalized spacial score (nSPS) is 13.7. The van der Waals surface area contributed by atoms with Crippen molar-refractivity contribution in [3.8, 4) is 23.0 Å². The van der Waals surface area contributed by atoms with Crippen molar-refractivity contribution in [2.75, 3.05) is 39.8 Å². The van der Waals surface area contributed by atoms with Crippen LogP contribution in [0.4, 0.5) is 5.69 Å². The lowest BCUT2D eigenvalue weighted by atomic mass is 10.1. The molecule has 1 saturated carbocycles. The zero-order chi connectivity index (χ0) is 21.3. The molecule has 0 radical (unpaired) electrons. The van der Waals surface area contributed by atoms with Crippen LogP contribution in [-0.4, -0.2) is 46.4 Å². The second kappa shape index (κ2) is 10.7. The lowest BCUT2D eigenvalue weighted by Crippen LogP contribution is -2.30. The number of carbonyl (C=O) groups is 1. The second-order valence-corrected chi connectivity index (χ2v) is 7.14. The van der Waals surface area contributed by atoms with Gasteiger partial charge in [-0.3, -0.25) is 4.79 Å². The quantitative estimate of drug-likeness (QED) is 0.575. The molecule has 0 bridgehead atoms. The predicted molar refractivity (Wildman–Crippen MR) is 116 cm³/mol. The third-order valence-electron chi connectivity index (χ3n) is 5.22. The largest absolute Gasteiger partial charge is 0.496 e. The Balaban J connectivity index is 1.63. The van der Waals surface area contributed by atoms with E-state index in [1.165, 1.54) is 39.9 Å². The first-order chi connectivity index (χ1) is 14.7. The van der Waals surface area contributed by atoms with Gasteiger partial charge in [0.2, 0.25) is 0 Å². The maximum Gasteiger partial charge on any atom is 0.263 e. The molecule has 1 aliphatic carbocycles. The summed E-state index contributed by atoms with van der Waals surface area (Å²) in [4.78, 5) is 12.8. The van der Waals surface area contributed by atoms with Crippen molar-refractivity contribution in [2.24, 2.45) is 0 Å². The summed E-state index contributed by atoms with van der Waals surface area (Å²) in [5.74, 6) is 1.74. The van der Waals surface area contributed by atoms with Crippen LogP contribution in [0.1, 0.15) is 36.0 Å². The molecule has 30 heavy (non-hydrogen) atoms. The monoisotopic (exact) mass is 414 g/mol. The zero-order valence-corrected chi connectivity index (χ0v) is 17.8. The van der Waals surface area contributed by atoms with Crippen molar-refractivity contribution in [3.63, 3.8) is 0 Å². The van der Waals surface area contributed by atoms with Gasteiger partial charge in [0.1, 0.15) is 23.7 Å². The van der Waals surface area contributed by atoms with E-state index in [-0.39, 0.29) is 5.91 Å².